The number of nitrogens with zero attached hydrogens (tertiary/aromatic N) is 4. The van der Waals surface area contributed by atoms with Gasteiger partial charge in [-0.05, 0) is 63.6 Å². The van der Waals surface area contributed by atoms with Gasteiger partial charge in [-0.15, -0.1) is 0 Å². The normalized spacial score (nSPS) is 15.4. The average Bonchev–Trinajstić information content (AvgIpc) is 2.87. The zero-order valence-corrected chi connectivity index (χ0v) is 22.8. The topological polar surface area (TPSA) is 70.6 Å². The van der Waals surface area contributed by atoms with Gasteiger partial charge in [-0.1, -0.05) is 49.7 Å². The number of benzene rings is 1. The van der Waals surface area contributed by atoms with Crippen molar-refractivity contribution in [1.82, 2.24) is 20.2 Å². The summed E-state index contributed by atoms with van der Waals surface area (Å²) >= 11 is 12.0. The molecule has 1 aromatic carbocycles. The molecule has 7 nitrogen and oxygen atoms in total. The zero-order chi connectivity index (χ0) is 26.1. The summed E-state index contributed by atoms with van der Waals surface area (Å²) in [7, 11) is 0. The molecule has 9 heteroatoms. The Kier molecular flexibility index (Phi) is 10.6. The molecule has 1 aliphatic heterocycles. The summed E-state index contributed by atoms with van der Waals surface area (Å²) in [5.74, 6) is 0.904. The lowest BCUT2D eigenvalue weighted by molar-refractivity contribution is -0.122. The van der Waals surface area contributed by atoms with Crippen molar-refractivity contribution in [3.63, 3.8) is 0 Å². The number of halogens is 2. The molecular weight excluding hydrogens is 497 g/mol. The minimum absolute atomic E-state index is 0.196. The van der Waals surface area contributed by atoms with Crippen LogP contribution in [0.1, 0.15) is 40.0 Å². The van der Waals surface area contributed by atoms with Crippen LogP contribution in [-0.2, 0) is 4.79 Å². The van der Waals surface area contributed by atoms with Gasteiger partial charge < -0.3 is 19.9 Å². The Morgan fingerprint density at radius 2 is 2.06 bits per heavy atom. The summed E-state index contributed by atoms with van der Waals surface area (Å²) < 4.78 is 5.51. The van der Waals surface area contributed by atoms with Crippen molar-refractivity contribution in [3.8, 4) is 5.75 Å². The van der Waals surface area contributed by atoms with Crippen molar-refractivity contribution >= 4 is 47.6 Å². The Morgan fingerprint density at radius 1 is 1.31 bits per heavy atom. The molecule has 1 aliphatic rings. The van der Waals surface area contributed by atoms with Crippen molar-refractivity contribution in [2.24, 2.45) is 0 Å². The fourth-order valence-electron chi connectivity index (χ4n) is 4.32. The molecule has 0 saturated carbocycles. The van der Waals surface area contributed by atoms with Gasteiger partial charge in [0.25, 0.3) is 5.91 Å². The van der Waals surface area contributed by atoms with E-state index in [1.165, 1.54) is 6.42 Å². The van der Waals surface area contributed by atoms with E-state index < -0.39 is 0 Å². The second-order valence-corrected chi connectivity index (χ2v) is 9.55. The van der Waals surface area contributed by atoms with Crippen LogP contribution in [0, 0.1) is 0 Å². The van der Waals surface area contributed by atoms with Crippen molar-refractivity contribution < 1.29 is 9.53 Å². The van der Waals surface area contributed by atoms with E-state index in [0.717, 1.165) is 44.8 Å². The third kappa shape index (κ3) is 7.69. The Labute approximate surface area is 223 Å². The Bertz CT molecular complexity index is 1180. The molecule has 36 heavy (non-hydrogen) atoms. The summed E-state index contributed by atoms with van der Waals surface area (Å²) in [6.45, 7) is 14.3. The van der Waals surface area contributed by atoms with Gasteiger partial charge in [0.1, 0.15) is 11.6 Å². The van der Waals surface area contributed by atoms with Crippen LogP contribution in [0.4, 0.5) is 5.82 Å². The molecule has 1 saturated heterocycles. The molecule has 0 atom stereocenters. The van der Waals surface area contributed by atoms with Gasteiger partial charge in [0.05, 0.1) is 21.9 Å². The van der Waals surface area contributed by atoms with Crippen molar-refractivity contribution in [2.75, 3.05) is 37.7 Å². The number of carbonyl (C=O) groups is 1. The number of aromatic nitrogens is 2. The predicted molar refractivity (Wildman–Crippen MR) is 148 cm³/mol. The first-order valence-electron chi connectivity index (χ1n) is 12.4. The van der Waals surface area contributed by atoms with Crippen LogP contribution in [-0.4, -0.2) is 59.6 Å². The first-order valence-corrected chi connectivity index (χ1v) is 13.2. The van der Waals surface area contributed by atoms with E-state index in [9.17, 15) is 4.79 Å². The lowest BCUT2D eigenvalue weighted by Crippen LogP contribution is -2.46. The quantitative estimate of drug-likeness (QED) is 0.503. The van der Waals surface area contributed by atoms with E-state index in [2.05, 4.69) is 40.5 Å². The third-order valence-corrected chi connectivity index (χ3v) is 6.76. The van der Waals surface area contributed by atoms with Crippen molar-refractivity contribution in [2.45, 2.75) is 46.1 Å². The highest BCUT2D eigenvalue weighted by Gasteiger charge is 2.24. The molecule has 0 bridgehead atoms. The summed E-state index contributed by atoms with van der Waals surface area (Å²) in [5, 5.41) is 4.82. The molecule has 1 fully saturated rings. The first kappa shape index (κ1) is 28.0. The highest BCUT2D eigenvalue weighted by molar-refractivity contribution is 6.35. The number of piperidine rings is 1. The molecule has 2 aromatic rings. The molecule has 0 spiro atoms. The van der Waals surface area contributed by atoms with Gasteiger partial charge >= 0.3 is 0 Å². The minimum Gasteiger partial charge on any atom is -0.482 e. The lowest BCUT2D eigenvalue weighted by atomic mass is 10.0. The number of amides is 1. The highest BCUT2D eigenvalue weighted by Crippen LogP contribution is 2.27. The van der Waals surface area contributed by atoms with E-state index in [1.54, 1.807) is 36.5 Å². The number of hydrogen-bond acceptors (Lipinski definition) is 6. The van der Waals surface area contributed by atoms with Gasteiger partial charge in [0.15, 0.2) is 6.61 Å². The maximum absolute atomic E-state index is 12.4. The van der Waals surface area contributed by atoms with E-state index in [0.29, 0.717) is 38.2 Å². The second kappa shape index (κ2) is 13.6. The fourth-order valence-corrected chi connectivity index (χ4v) is 4.78. The van der Waals surface area contributed by atoms with Gasteiger partial charge in [0.2, 0.25) is 0 Å². The van der Waals surface area contributed by atoms with Crippen molar-refractivity contribution in [3.05, 3.63) is 56.9 Å². The number of anilines is 1. The van der Waals surface area contributed by atoms with Gasteiger partial charge in [-0.3, -0.25) is 9.78 Å². The largest absolute Gasteiger partial charge is 0.482 e. The van der Waals surface area contributed by atoms with Crippen LogP contribution >= 0.6 is 23.2 Å². The summed E-state index contributed by atoms with van der Waals surface area (Å²) in [6.07, 6.45) is 8.74. The van der Waals surface area contributed by atoms with E-state index in [1.807, 2.05) is 6.92 Å². The number of nitrogens with one attached hydrogen (secondary N) is 1. The molecule has 194 valence electrons. The Morgan fingerprint density at radius 3 is 2.67 bits per heavy atom. The summed E-state index contributed by atoms with van der Waals surface area (Å²) in [4.78, 5) is 26.5. The number of hydrogen-bond donors (Lipinski definition) is 1. The van der Waals surface area contributed by atoms with Gasteiger partial charge in [-0.2, -0.15) is 0 Å². The molecular formula is C27H35Cl2N5O2. The maximum Gasteiger partial charge on any atom is 0.262 e. The van der Waals surface area contributed by atoms with Crippen LogP contribution in [0.15, 0.2) is 36.2 Å². The zero-order valence-electron chi connectivity index (χ0n) is 21.3. The minimum atomic E-state index is -0.326. The molecule has 2 heterocycles. The highest BCUT2D eigenvalue weighted by atomic mass is 35.5. The average molecular weight is 533 g/mol. The van der Waals surface area contributed by atoms with E-state index in [-0.39, 0.29) is 12.5 Å². The van der Waals surface area contributed by atoms with Gasteiger partial charge in [-0.25, -0.2) is 4.98 Å². The maximum atomic E-state index is 12.4. The molecule has 1 aromatic heterocycles. The lowest BCUT2D eigenvalue weighted by Gasteiger charge is -2.38. The summed E-state index contributed by atoms with van der Waals surface area (Å²) in [5.41, 5.74) is 0.578. The monoisotopic (exact) mass is 531 g/mol. The van der Waals surface area contributed by atoms with Crippen LogP contribution in [0.5, 0.6) is 5.75 Å². The number of allylic oxidation sites excluding steroid dienone is 2. The predicted octanol–water partition coefficient (Wildman–Crippen LogP) is 3.77. The van der Waals surface area contributed by atoms with Crippen LogP contribution in [0.25, 0.3) is 12.7 Å². The standard InChI is InChI=1S/C27H35Cl2N5O2/c1-5-12-33(7-3)22-10-13-34(14-11-22)26-17-30-24(19(4)31-26)16-21(6-2)32-27(35)18-36-25-9-8-20(28)15-23(25)29/h6,8-9,15-17,22H,4-5,7,10-14,18H2,1-3H3,(H,32,35)/b21-6+,24-16+. The van der Waals surface area contributed by atoms with Crippen LogP contribution in [0.3, 0.4) is 0 Å². The van der Waals surface area contributed by atoms with Crippen molar-refractivity contribution in [1.29, 1.82) is 0 Å². The molecule has 0 unspecified atom stereocenters. The SMILES string of the molecule is C=c1nc(N2CCC(N(CC)CCC)CC2)cn/c1=C/C(=C\C)NC(=O)COc1ccc(Cl)cc1Cl. The van der Waals surface area contributed by atoms with Crippen LogP contribution in [0.2, 0.25) is 10.0 Å². The number of ether oxygens (including phenoxy) is 1. The molecule has 3 rings (SSSR count). The molecule has 0 radical (unpaired) electrons. The third-order valence-electron chi connectivity index (χ3n) is 6.23. The molecule has 1 N–H and O–H groups in total. The number of carbonyl (C=O) groups excluding carboxylic acids is 1. The first-order chi connectivity index (χ1) is 17.3. The summed E-state index contributed by atoms with van der Waals surface area (Å²) in [6, 6.07) is 5.47. The van der Waals surface area contributed by atoms with E-state index in [4.69, 9.17) is 32.9 Å². The second-order valence-electron chi connectivity index (χ2n) is 8.71. The Hall–Kier alpha value is -2.61. The smallest absolute Gasteiger partial charge is 0.262 e. The van der Waals surface area contributed by atoms with E-state index >= 15 is 0 Å². The fraction of sp³-hybridized carbons (Fsp3) is 0.444. The molecule has 1 amide bonds. The van der Waals surface area contributed by atoms with Gasteiger partial charge in [0, 0.05) is 29.9 Å². The number of rotatable bonds is 10. The Balaban J connectivity index is 1.60. The van der Waals surface area contributed by atoms with Crippen LogP contribution < -0.4 is 25.7 Å². The molecule has 0 aliphatic carbocycles.